The van der Waals surface area contributed by atoms with Crippen LogP contribution in [0.4, 0.5) is 0 Å². The van der Waals surface area contributed by atoms with Crippen molar-refractivity contribution in [2.24, 2.45) is 0 Å². The maximum Gasteiger partial charge on any atom is 0.237 e. The van der Waals surface area contributed by atoms with Crippen molar-refractivity contribution in [3.8, 4) is 0 Å². The SMILES string of the molecule is CCNC(=O)[C@H]1C[C@H](O)CN1C(C)C. The minimum absolute atomic E-state index is 0.0396. The molecular weight excluding hydrogens is 180 g/mol. The van der Waals surface area contributed by atoms with Crippen LogP contribution in [0.2, 0.25) is 0 Å². The topological polar surface area (TPSA) is 52.6 Å². The molecule has 0 spiro atoms. The molecule has 1 amide bonds. The van der Waals surface area contributed by atoms with Gasteiger partial charge in [0.1, 0.15) is 0 Å². The average molecular weight is 200 g/mol. The van der Waals surface area contributed by atoms with Gasteiger partial charge < -0.3 is 10.4 Å². The Hall–Kier alpha value is -0.610. The van der Waals surface area contributed by atoms with Crippen molar-refractivity contribution in [1.29, 1.82) is 0 Å². The Labute approximate surface area is 85.3 Å². The largest absolute Gasteiger partial charge is 0.392 e. The van der Waals surface area contributed by atoms with Gasteiger partial charge >= 0.3 is 0 Å². The zero-order chi connectivity index (χ0) is 10.7. The second kappa shape index (κ2) is 4.75. The van der Waals surface area contributed by atoms with E-state index < -0.39 is 0 Å². The number of rotatable bonds is 3. The Morgan fingerprint density at radius 3 is 2.79 bits per heavy atom. The third-order valence-corrected chi connectivity index (χ3v) is 2.63. The molecule has 1 saturated heterocycles. The van der Waals surface area contributed by atoms with Crippen LogP contribution in [0.25, 0.3) is 0 Å². The van der Waals surface area contributed by atoms with Gasteiger partial charge in [-0.2, -0.15) is 0 Å². The van der Waals surface area contributed by atoms with Gasteiger partial charge in [-0.3, -0.25) is 9.69 Å². The third-order valence-electron chi connectivity index (χ3n) is 2.63. The zero-order valence-electron chi connectivity index (χ0n) is 9.16. The molecule has 2 N–H and O–H groups in total. The minimum atomic E-state index is -0.356. The number of likely N-dealkylation sites (tertiary alicyclic amines) is 1. The lowest BCUT2D eigenvalue weighted by Crippen LogP contribution is -2.45. The molecule has 82 valence electrons. The zero-order valence-corrected chi connectivity index (χ0v) is 9.16. The molecule has 0 bridgehead atoms. The fraction of sp³-hybridized carbons (Fsp3) is 0.900. The number of amides is 1. The smallest absolute Gasteiger partial charge is 0.237 e. The maximum atomic E-state index is 11.6. The normalized spacial score (nSPS) is 28.4. The molecule has 1 aliphatic heterocycles. The standard InChI is InChI=1S/C10H20N2O2/c1-4-11-10(14)9-5-8(13)6-12(9)7(2)3/h7-9,13H,4-6H2,1-3H3,(H,11,14)/t8-,9+/m0/s1. The third kappa shape index (κ3) is 2.45. The molecule has 0 aromatic rings. The van der Waals surface area contributed by atoms with Crippen molar-refractivity contribution in [1.82, 2.24) is 10.2 Å². The van der Waals surface area contributed by atoms with Crippen molar-refractivity contribution in [3.63, 3.8) is 0 Å². The van der Waals surface area contributed by atoms with Gasteiger partial charge in [0.25, 0.3) is 0 Å². The molecule has 1 heterocycles. The molecule has 4 nitrogen and oxygen atoms in total. The van der Waals surface area contributed by atoms with E-state index in [0.29, 0.717) is 25.6 Å². The molecule has 14 heavy (non-hydrogen) atoms. The molecular formula is C10H20N2O2. The number of aliphatic hydroxyl groups excluding tert-OH is 1. The summed E-state index contributed by atoms with van der Waals surface area (Å²) in [6.07, 6.45) is 0.203. The van der Waals surface area contributed by atoms with Gasteiger partial charge in [-0.05, 0) is 27.2 Å². The molecule has 0 saturated carbocycles. The number of hydrogen-bond donors (Lipinski definition) is 2. The lowest BCUT2D eigenvalue weighted by Gasteiger charge is -2.26. The first-order valence-electron chi connectivity index (χ1n) is 5.27. The van der Waals surface area contributed by atoms with Gasteiger partial charge in [0, 0.05) is 19.1 Å². The highest BCUT2D eigenvalue weighted by atomic mass is 16.3. The number of nitrogens with one attached hydrogen (secondary N) is 1. The first-order chi connectivity index (χ1) is 6.56. The highest BCUT2D eigenvalue weighted by molar-refractivity contribution is 5.82. The first-order valence-corrected chi connectivity index (χ1v) is 5.27. The van der Waals surface area contributed by atoms with Crippen LogP contribution < -0.4 is 5.32 Å². The molecule has 1 rings (SSSR count). The molecule has 0 aromatic heterocycles. The van der Waals surface area contributed by atoms with Gasteiger partial charge in [0.05, 0.1) is 12.1 Å². The van der Waals surface area contributed by atoms with Crippen LogP contribution in [0.15, 0.2) is 0 Å². The summed E-state index contributed by atoms with van der Waals surface area (Å²) in [6, 6.07) is 0.157. The van der Waals surface area contributed by atoms with E-state index in [4.69, 9.17) is 0 Å². The molecule has 0 radical (unpaired) electrons. The number of aliphatic hydroxyl groups is 1. The van der Waals surface area contributed by atoms with E-state index in [2.05, 4.69) is 10.2 Å². The lowest BCUT2D eigenvalue weighted by atomic mass is 10.1. The average Bonchev–Trinajstić information content (AvgIpc) is 2.48. The second-order valence-electron chi connectivity index (χ2n) is 4.09. The van der Waals surface area contributed by atoms with E-state index in [1.165, 1.54) is 0 Å². The fourth-order valence-electron chi connectivity index (χ4n) is 1.96. The van der Waals surface area contributed by atoms with Crippen LogP contribution >= 0.6 is 0 Å². The van der Waals surface area contributed by atoms with Crippen molar-refractivity contribution in [2.45, 2.75) is 45.4 Å². The second-order valence-corrected chi connectivity index (χ2v) is 4.09. The van der Waals surface area contributed by atoms with Crippen LogP contribution in [0.3, 0.4) is 0 Å². The summed E-state index contributed by atoms with van der Waals surface area (Å²) < 4.78 is 0. The molecule has 0 unspecified atom stereocenters. The lowest BCUT2D eigenvalue weighted by molar-refractivity contribution is -0.125. The predicted molar refractivity (Wildman–Crippen MR) is 54.9 cm³/mol. The van der Waals surface area contributed by atoms with Gasteiger partial charge in [-0.15, -0.1) is 0 Å². The van der Waals surface area contributed by atoms with E-state index in [9.17, 15) is 9.90 Å². The molecule has 1 aliphatic rings. The molecule has 4 heteroatoms. The van der Waals surface area contributed by atoms with Crippen molar-refractivity contribution < 1.29 is 9.90 Å². The number of carbonyl (C=O) groups excluding carboxylic acids is 1. The van der Waals surface area contributed by atoms with E-state index in [1.807, 2.05) is 20.8 Å². The van der Waals surface area contributed by atoms with Crippen molar-refractivity contribution >= 4 is 5.91 Å². The molecule has 0 aromatic carbocycles. The highest BCUT2D eigenvalue weighted by Crippen LogP contribution is 2.20. The summed E-state index contributed by atoms with van der Waals surface area (Å²) in [5.74, 6) is 0.0396. The van der Waals surface area contributed by atoms with E-state index in [1.54, 1.807) is 0 Å². The van der Waals surface area contributed by atoms with Gasteiger partial charge in [-0.25, -0.2) is 0 Å². The van der Waals surface area contributed by atoms with Crippen LogP contribution in [0, 0.1) is 0 Å². The Balaban J connectivity index is 2.61. The Morgan fingerprint density at radius 1 is 1.64 bits per heavy atom. The van der Waals surface area contributed by atoms with E-state index >= 15 is 0 Å². The quantitative estimate of drug-likeness (QED) is 0.672. The fourth-order valence-corrected chi connectivity index (χ4v) is 1.96. The van der Waals surface area contributed by atoms with Crippen LogP contribution in [-0.4, -0.2) is 47.2 Å². The Morgan fingerprint density at radius 2 is 2.29 bits per heavy atom. The molecule has 1 fully saturated rings. The van der Waals surface area contributed by atoms with Crippen LogP contribution in [0.1, 0.15) is 27.2 Å². The highest BCUT2D eigenvalue weighted by Gasteiger charge is 2.36. The Kier molecular flexibility index (Phi) is 3.89. The van der Waals surface area contributed by atoms with Crippen molar-refractivity contribution in [3.05, 3.63) is 0 Å². The monoisotopic (exact) mass is 200 g/mol. The summed E-state index contributed by atoms with van der Waals surface area (Å²) in [4.78, 5) is 13.7. The van der Waals surface area contributed by atoms with E-state index in [-0.39, 0.29) is 18.1 Å². The van der Waals surface area contributed by atoms with Crippen LogP contribution in [0.5, 0.6) is 0 Å². The van der Waals surface area contributed by atoms with E-state index in [0.717, 1.165) is 0 Å². The molecule has 0 aliphatic carbocycles. The summed E-state index contributed by atoms with van der Waals surface area (Å²) >= 11 is 0. The van der Waals surface area contributed by atoms with Gasteiger partial charge in [-0.1, -0.05) is 0 Å². The summed E-state index contributed by atoms with van der Waals surface area (Å²) in [5, 5.41) is 12.3. The number of likely N-dealkylation sites (N-methyl/N-ethyl adjacent to an activating group) is 1. The number of carbonyl (C=O) groups is 1. The minimum Gasteiger partial charge on any atom is -0.392 e. The van der Waals surface area contributed by atoms with Crippen molar-refractivity contribution in [2.75, 3.05) is 13.1 Å². The summed E-state index contributed by atoms with van der Waals surface area (Å²) in [6.45, 7) is 7.26. The summed E-state index contributed by atoms with van der Waals surface area (Å²) in [7, 11) is 0. The predicted octanol–water partition coefficient (Wildman–Crippen LogP) is -0.0339. The number of hydrogen-bond acceptors (Lipinski definition) is 3. The first kappa shape index (κ1) is 11.5. The number of nitrogens with zero attached hydrogens (tertiary/aromatic N) is 1. The number of β-amino-alcohol motifs (C(OH)–C–C–N with tert-alkyl or cyclic N) is 1. The maximum absolute atomic E-state index is 11.6. The molecule has 2 atom stereocenters. The summed E-state index contributed by atoms with van der Waals surface area (Å²) in [5.41, 5.74) is 0. The van der Waals surface area contributed by atoms with Gasteiger partial charge in [0.15, 0.2) is 0 Å². The van der Waals surface area contributed by atoms with Crippen LogP contribution in [-0.2, 0) is 4.79 Å². The Bertz CT molecular complexity index is 206. The van der Waals surface area contributed by atoms with Gasteiger partial charge in [0.2, 0.25) is 5.91 Å².